The largest absolute Gasteiger partial charge is 0.486 e. The Hall–Kier alpha value is -2.79. The molecule has 0 saturated carbocycles. The molecule has 186 valence electrons. The van der Waals surface area contributed by atoms with E-state index in [4.69, 9.17) is 16.3 Å². The molecule has 3 aromatic carbocycles. The molecule has 0 amide bonds. The maximum absolute atomic E-state index is 13.6. The second-order valence-electron chi connectivity index (χ2n) is 8.05. The van der Waals surface area contributed by atoms with E-state index in [-0.39, 0.29) is 30.8 Å². The Morgan fingerprint density at radius 1 is 1.03 bits per heavy atom. The molecule has 1 heterocycles. The van der Waals surface area contributed by atoms with Crippen LogP contribution in [0.5, 0.6) is 5.75 Å². The van der Waals surface area contributed by atoms with Gasteiger partial charge in [0.15, 0.2) is 6.29 Å². The monoisotopic (exact) mass is 527 g/mol. The summed E-state index contributed by atoms with van der Waals surface area (Å²) in [6.07, 6.45) is -7.03. The number of halogens is 4. The molecule has 4 rings (SSSR count). The summed E-state index contributed by atoms with van der Waals surface area (Å²) in [5.41, 5.74) is 0.408. The summed E-state index contributed by atoms with van der Waals surface area (Å²) >= 11 is 6.09. The summed E-state index contributed by atoms with van der Waals surface area (Å²) < 4.78 is 73.9. The van der Waals surface area contributed by atoms with Gasteiger partial charge < -0.3 is 14.9 Å². The quantitative estimate of drug-likeness (QED) is 0.437. The highest BCUT2D eigenvalue weighted by Gasteiger charge is 2.37. The number of aliphatic hydroxyl groups excluding tert-OH is 1. The van der Waals surface area contributed by atoms with Crippen LogP contribution < -0.4 is 9.04 Å². The van der Waals surface area contributed by atoms with Gasteiger partial charge >= 0.3 is 6.18 Å². The van der Waals surface area contributed by atoms with Crippen LogP contribution in [0, 0.1) is 0 Å². The van der Waals surface area contributed by atoms with E-state index in [2.05, 4.69) is 0 Å². The van der Waals surface area contributed by atoms with Gasteiger partial charge in [-0.05, 0) is 60.0 Å². The highest BCUT2D eigenvalue weighted by molar-refractivity contribution is 7.92. The van der Waals surface area contributed by atoms with Crippen molar-refractivity contribution in [2.24, 2.45) is 0 Å². The first kappa shape index (κ1) is 25.3. The van der Waals surface area contributed by atoms with Gasteiger partial charge in [0.1, 0.15) is 11.9 Å². The minimum absolute atomic E-state index is 0.0714. The van der Waals surface area contributed by atoms with E-state index in [1.807, 2.05) is 0 Å². The second kappa shape index (κ2) is 9.69. The fourth-order valence-corrected chi connectivity index (χ4v) is 5.57. The zero-order valence-corrected chi connectivity index (χ0v) is 19.7. The number of fused-ring (bicyclic) bond motifs is 1. The number of anilines is 1. The topological polar surface area (TPSA) is 87.1 Å². The molecule has 3 aromatic rings. The van der Waals surface area contributed by atoms with Crippen LogP contribution in [-0.4, -0.2) is 37.6 Å². The number of hydrogen-bond acceptors (Lipinski definition) is 5. The summed E-state index contributed by atoms with van der Waals surface area (Å²) in [5.74, 6) is 0.204. The number of aliphatic hydroxyl groups is 2. The van der Waals surface area contributed by atoms with Crippen LogP contribution in [0.3, 0.4) is 0 Å². The summed E-state index contributed by atoms with van der Waals surface area (Å²) in [6.45, 7) is -0.225. The molecule has 1 aliphatic rings. The molecular formula is C24H21ClF3NO5S. The number of nitrogens with zero attached hydrogens (tertiary/aromatic N) is 1. The van der Waals surface area contributed by atoms with Gasteiger partial charge in [-0.25, -0.2) is 8.42 Å². The summed E-state index contributed by atoms with van der Waals surface area (Å²) in [6, 6.07) is 15.3. The Morgan fingerprint density at radius 2 is 1.74 bits per heavy atom. The average Bonchev–Trinajstić information content (AvgIpc) is 2.81. The lowest BCUT2D eigenvalue weighted by Crippen LogP contribution is -2.43. The normalized spacial score (nSPS) is 16.2. The maximum Gasteiger partial charge on any atom is 0.416 e. The third-order valence-corrected chi connectivity index (χ3v) is 7.56. The third kappa shape index (κ3) is 5.56. The van der Waals surface area contributed by atoms with Crippen LogP contribution in [0.25, 0.3) is 11.1 Å². The van der Waals surface area contributed by atoms with Crippen LogP contribution in [0.1, 0.15) is 18.4 Å². The molecule has 0 spiro atoms. The SMILES string of the molecule is O=S(=O)(c1cccc(C(F)(F)F)c1)N1C[C@@H](CCC(O)O)Oc2ccc(-c3cccc(Cl)c3)cc21. The van der Waals surface area contributed by atoms with E-state index in [1.54, 1.807) is 42.5 Å². The van der Waals surface area contributed by atoms with Gasteiger partial charge in [-0.15, -0.1) is 0 Å². The fraction of sp³-hybridized carbons (Fsp3) is 0.250. The van der Waals surface area contributed by atoms with E-state index >= 15 is 0 Å². The Labute approximate surface area is 205 Å². The minimum Gasteiger partial charge on any atom is -0.486 e. The third-order valence-electron chi connectivity index (χ3n) is 5.54. The lowest BCUT2D eigenvalue weighted by molar-refractivity contribution is -0.137. The van der Waals surface area contributed by atoms with Crippen molar-refractivity contribution in [2.45, 2.75) is 36.3 Å². The smallest absolute Gasteiger partial charge is 0.416 e. The van der Waals surface area contributed by atoms with Gasteiger partial charge in [0, 0.05) is 11.4 Å². The molecule has 35 heavy (non-hydrogen) atoms. The van der Waals surface area contributed by atoms with Gasteiger partial charge in [0.05, 0.1) is 22.7 Å². The van der Waals surface area contributed by atoms with Crippen molar-refractivity contribution in [1.82, 2.24) is 0 Å². The molecule has 11 heteroatoms. The fourth-order valence-electron chi connectivity index (χ4n) is 3.83. The van der Waals surface area contributed by atoms with Gasteiger partial charge in [-0.1, -0.05) is 35.9 Å². The van der Waals surface area contributed by atoms with Crippen molar-refractivity contribution >= 4 is 27.3 Å². The molecule has 0 bridgehead atoms. The average molecular weight is 528 g/mol. The van der Waals surface area contributed by atoms with Crippen molar-refractivity contribution in [3.05, 3.63) is 77.3 Å². The standard InChI is InChI=1S/C24H21ClF3NO5S/c25-18-5-1-3-15(11-18)16-7-9-22-21(12-16)29(14-19(34-22)8-10-23(30)31)35(32,33)20-6-2-4-17(13-20)24(26,27)28/h1-7,9,11-13,19,23,30-31H,8,10,14H2/t19-/m1/s1. The highest BCUT2D eigenvalue weighted by atomic mass is 35.5. The van der Waals surface area contributed by atoms with Crippen LogP contribution in [0.2, 0.25) is 5.02 Å². The van der Waals surface area contributed by atoms with Crippen molar-refractivity contribution < 1.29 is 36.5 Å². The number of benzene rings is 3. The predicted octanol–water partition coefficient (Wildman–Crippen LogP) is 5.07. The molecular weight excluding hydrogens is 507 g/mol. The van der Waals surface area contributed by atoms with Crippen LogP contribution in [0.4, 0.5) is 18.9 Å². The molecule has 0 aromatic heterocycles. The summed E-state index contributed by atoms with van der Waals surface area (Å²) in [7, 11) is -4.43. The molecule has 0 unspecified atom stereocenters. The lowest BCUT2D eigenvalue weighted by atomic mass is 10.0. The van der Waals surface area contributed by atoms with Crippen molar-refractivity contribution in [3.63, 3.8) is 0 Å². The maximum atomic E-state index is 13.6. The first-order chi connectivity index (χ1) is 16.4. The van der Waals surface area contributed by atoms with Crippen LogP contribution in [-0.2, 0) is 16.2 Å². The van der Waals surface area contributed by atoms with E-state index in [0.717, 1.165) is 22.5 Å². The number of ether oxygens (including phenoxy) is 1. The van der Waals surface area contributed by atoms with Crippen LogP contribution >= 0.6 is 11.6 Å². The van der Waals surface area contributed by atoms with Gasteiger partial charge in [0.2, 0.25) is 0 Å². The van der Waals surface area contributed by atoms with Crippen molar-refractivity contribution in [2.75, 3.05) is 10.8 Å². The molecule has 0 radical (unpaired) electrons. The number of alkyl halides is 3. The van der Waals surface area contributed by atoms with E-state index in [1.165, 1.54) is 0 Å². The zero-order chi connectivity index (χ0) is 25.4. The summed E-state index contributed by atoms with van der Waals surface area (Å²) in [4.78, 5) is -0.519. The number of hydrogen-bond donors (Lipinski definition) is 2. The van der Waals surface area contributed by atoms with E-state index in [0.29, 0.717) is 22.2 Å². The zero-order valence-electron chi connectivity index (χ0n) is 18.1. The molecule has 1 atom stereocenters. The number of rotatable bonds is 6. The van der Waals surface area contributed by atoms with Gasteiger partial charge in [0.25, 0.3) is 10.0 Å². The lowest BCUT2D eigenvalue weighted by Gasteiger charge is -2.36. The Kier molecular flexibility index (Phi) is 7.01. The second-order valence-corrected chi connectivity index (χ2v) is 10.4. The molecule has 6 nitrogen and oxygen atoms in total. The molecule has 1 aliphatic heterocycles. The summed E-state index contributed by atoms with van der Waals surface area (Å²) in [5, 5.41) is 18.9. The van der Waals surface area contributed by atoms with Crippen LogP contribution in [0.15, 0.2) is 71.6 Å². The first-order valence-electron chi connectivity index (χ1n) is 10.6. The van der Waals surface area contributed by atoms with Crippen molar-refractivity contribution in [3.8, 4) is 16.9 Å². The van der Waals surface area contributed by atoms with Crippen molar-refractivity contribution in [1.29, 1.82) is 0 Å². The Balaban J connectivity index is 1.80. The van der Waals surface area contributed by atoms with E-state index < -0.39 is 39.1 Å². The first-order valence-corrected chi connectivity index (χ1v) is 12.4. The Morgan fingerprint density at radius 3 is 2.43 bits per heavy atom. The van der Waals surface area contributed by atoms with Gasteiger partial charge in [-0.3, -0.25) is 4.31 Å². The Bertz CT molecular complexity index is 1330. The highest BCUT2D eigenvalue weighted by Crippen LogP contribution is 2.41. The molecule has 0 fully saturated rings. The number of sulfonamides is 1. The molecule has 0 aliphatic carbocycles. The molecule has 0 saturated heterocycles. The van der Waals surface area contributed by atoms with E-state index in [9.17, 15) is 31.8 Å². The minimum atomic E-state index is -4.71. The molecule has 2 N–H and O–H groups in total. The van der Waals surface area contributed by atoms with Gasteiger partial charge in [-0.2, -0.15) is 13.2 Å². The predicted molar refractivity (Wildman–Crippen MR) is 125 cm³/mol.